The molecule has 0 bridgehead atoms. The van der Waals surface area contributed by atoms with Crippen LogP contribution in [0.1, 0.15) is 16.8 Å². The molecule has 100 valence electrons. The van der Waals surface area contributed by atoms with E-state index in [9.17, 15) is 14.3 Å². The molecule has 1 amide bonds. The van der Waals surface area contributed by atoms with Crippen LogP contribution in [-0.4, -0.2) is 32.6 Å². The van der Waals surface area contributed by atoms with Crippen LogP contribution in [0.5, 0.6) is 5.75 Å². The number of nitrogens with zero attached hydrogens (tertiary/aromatic N) is 3. The van der Waals surface area contributed by atoms with Crippen LogP contribution in [-0.2, 0) is 6.54 Å². The third kappa shape index (κ3) is 3.51. The van der Waals surface area contributed by atoms with Crippen molar-refractivity contribution in [2.75, 3.05) is 6.54 Å². The number of benzene rings is 1. The van der Waals surface area contributed by atoms with Crippen LogP contribution in [0.15, 0.2) is 30.6 Å². The molecule has 0 aliphatic heterocycles. The quantitative estimate of drug-likeness (QED) is 0.788. The van der Waals surface area contributed by atoms with Crippen molar-refractivity contribution in [1.82, 2.24) is 20.3 Å². The first-order valence-corrected chi connectivity index (χ1v) is 5.77. The number of nitrogens with one attached hydrogen (secondary N) is 1. The van der Waals surface area contributed by atoms with Crippen LogP contribution >= 0.6 is 0 Å². The van der Waals surface area contributed by atoms with Gasteiger partial charge in [0.1, 0.15) is 11.6 Å². The number of hydrogen-bond acceptors (Lipinski definition) is 4. The van der Waals surface area contributed by atoms with E-state index < -0.39 is 11.7 Å². The molecule has 1 aromatic carbocycles. The number of rotatable bonds is 5. The second-order valence-corrected chi connectivity index (χ2v) is 3.94. The maximum absolute atomic E-state index is 12.8. The monoisotopic (exact) mass is 264 g/mol. The fraction of sp³-hybridized carbons (Fsp3) is 0.250. The fourth-order valence-electron chi connectivity index (χ4n) is 1.59. The molecule has 6 nitrogen and oxygen atoms in total. The first-order valence-electron chi connectivity index (χ1n) is 5.77. The second kappa shape index (κ2) is 5.94. The van der Waals surface area contributed by atoms with Gasteiger partial charge >= 0.3 is 0 Å². The van der Waals surface area contributed by atoms with Gasteiger partial charge < -0.3 is 10.4 Å². The summed E-state index contributed by atoms with van der Waals surface area (Å²) in [7, 11) is 0. The molecule has 0 atom stereocenters. The van der Waals surface area contributed by atoms with Gasteiger partial charge in [-0.15, -0.1) is 5.10 Å². The van der Waals surface area contributed by atoms with Crippen LogP contribution in [0.25, 0.3) is 0 Å². The summed E-state index contributed by atoms with van der Waals surface area (Å²) in [6.07, 6.45) is 3.99. The molecule has 0 unspecified atom stereocenters. The molecule has 2 aromatic rings. The van der Waals surface area contributed by atoms with Crippen LogP contribution in [0.4, 0.5) is 4.39 Å². The number of carbonyl (C=O) groups is 1. The van der Waals surface area contributed by atoms with E-state index in [4.69, 9.17) is 0 Å². The molecule has 0 radical (unpaired) electrons. The Bertz CT molecular complexity index is 557. The Labute approximate surface area is 108 Å². The maximum Gasteiger partial charge on any atom is 0.255 e. The van der Waals surface area contributed by atoms with Crippen molar-refractivity contribution in [3.63, 3.8) is 0 Å². The smallest absolute Gasteiger partial charge is 0.255 e. The number of phenolic OH excluding ortho intramolecular Hbond substituents is 1. The van der Waals surface area contributed by atoms with E-state index in [2.05, 4.69) is 15.6 Å². The summed E-state index contributed by atoms with van der Waals surface area (Å²) in [5, 5.41) is 19.5. The average molecular weight is 264 g/mol. The molecule has 0 aliphatic rings. The number of hydrogen-bond donors (Lipinski definition) is 2. The lowest BCUT2D eigenvalue weighted by molar-refractivity contribution is 0.0950. The van der Waals surface area contributed by atoms with Gasteiger partial charge in [0.15, 0.2) is 0 Å². The predicted molar refractivity (Wildman–Crippen MR) is 65.0 cm³/mol. The predicted octanol–water partition coefficient (Wildman–Crippen LogP) is 0.943. The van der Waals surface area contributed by atoms with Crippen molar-refractivity contribution in [2.45, 2.75) is 13.0 Å². The first-order chi connectivity index (χ1) is 9.16. The summed E-state index contributed by atoms with van der Waals surface area (Å²) in [4.78, 5) is 11.7. The van der Waals surface area contributed by atoms with Gasteiger partial charge in [-0.2, -0.15) is 0 Å². The molecule has 2 rings (SSSR count). The van der Waals surface area contributed by atoms with Crippen molar-refractivity contribution in [1.29, 1.82) is 0 Å². The molecular formula is C12H13FN4O2. The van der Waals surface area contributed by atoms with Crippen molar-refractivity contribution in [3.8, 4) is 5.75 Å². The highest BCUT2D eigenvalue weighted by atomic mass is 19.1. The average Bonchev–Trinajstić information content (AvgIpc) is 2.87. The minimum absolute atomic E-state index is 0.0576. The second-order valence-electron chi connectivity index (χ2n) is 3.94. The molecule has 7 heteroatoms. The minimum atomic E-state index is -0.583. The van der Waals surface area contributed by atoms with E-state index in [-0.39, 0.29) is 11.3 Å². The fourth-order valence-corrected chi connectivity index (χ4v) is 1.59. The molecule has 0 spiro atoms. The number of phenols is 1. The molecule has 0 aliphatic carbocycles. The summed E-state index contributed by atoms with van der Waals surface area (Å²) < 4.78 is 14.4. The number of aromatic hydroxyl groups is 1. The zero-order chi connectivity index (χ0) is 13.7. The summed E-state index contributed by atoms with van der Waals surface area (Å²) in [5.41, 5.74) is 0.0576. The topological polar surface area (TPSA) is 80.0 Å². The molecule has 2 N–H and O–H groups in total. The Morgan fingerprint density at radius 3 is 3.00 bits per heavy atom. The largest absolute Gasteiger partial charge is 0.507 e. The van der Waals surface area contributed by atoms with Gasteiger partial charge in [0, 0.05) is 25.4 Å². The van der Waals surface area contributed by atoms with Crippen molar-refractivity contribution < 1.29 is 14.3 Å². The van der Waals surface area contributed by atoms with E-state index >= 15 is 0 Å². The van der Waals surface area contributed by atoms with E-state index in [1.807, 2.05) is 0 Å². The zero-order valence-electron chi connectivity index (χ0n) is 10.1. The lowest BCUT2D eigenvalue weighted by Crippen LogP contribution is -2.25. The summed E-state index contributed by atoms with van der Waals surface area (Å²) >= 11 is 0. The number of aromatic nitrogens is 3. The number of carbonyl (C=O) groups excluding carboxylic acids is 1. The lowest BCUT2D eigenvalue weighted by Gasteiger charge is -2.06. The number of halogens is 1. The maximum atomic E-state index is 12.8. The Balaban J connectivity index is 1.81. The molecule has 0 fully saturated rings. The van der Waals surface area contributed by atoms with Crippen LogP contribution in [0, 0.1) is 5.82 Å². The highest BCUT2D eigenvalue weighted by molar-refractivity contribution is 5.96. The van der Waals surface area contributed by atoms with Gasteiger partial charge in [0.25, 0.3) is 5.91 Å². The lowest BCUT2D eigenvalue weighted by atomic mass is 10.2. The Morgan fingerprint density at radius 1 is 1.47 bits per heavy atom. The van der Waals surface area contributed by atoms with Crippen LogP contribution in [0.2, 0.25) is 0 Å². The van der Waals surface area contributed by atoms with Crippen molar-refractivity contribution in [3.05, 3.63) is 42.0 Å². The van der Waals surface area contributed by atoms with Crippen LogP contribution < -0.4 is 5.32 Å². The van der Waals surface area contributed by atoms with Gasteiger partial charge in [-0.1, -0.05) is 5.21 Å². The normalized spacial score (nSPS) is 10.4. The van der Waals surface area contributed by atoms with E-state index in [1.54, 1.807) is 17.1 Å². The van der Waals surface area contributed by atoms with Gasteiger partial charge in [-0.3, -0.25) is 9.48 Å². The standard InChI is InChI=1S/C12H13FN4O2/c13-9-2-3-10(11(18)8-9)12(19)14-4-1-6-17-7-5-15-16-17/h2-3,5,7-8,18H,1,4,6H2,(H,14,19). The van der Waals surface area contributed by atoms with Gasteiger partial charge in [-0.25, -0.2) is 4.39 Å². The Hall–Kier alpha value is -2.44. The summed E-state index contributed by atoms with van der Waals surface area (Å²) in [6.45, 7) is 1.06. The third-order valence-corrected chi connectivity index (χ3v) is 2.53. The minimum Gasteiger partial charge on any atom is -0.507 e. The molecule has 0 saturated carbocycles. The summed E-state index contributed by atoms with van der Waals surface area (Å²) in [6, 6.07) is 3.28. The molecule has 19 heavy (non-hydrogen) atoms. The Kier molecular flexibility index (Phi) is 4.07. The summed E-state index contributed by atoms with van der Waals surface area (Å²) in [5.74, 6) is -1.38. The zero-order valence-corrected chi connectivity index (χ0v) is 10.1. The van der Waals surface area contributed by atoms with E-state index in [1.165, 1.54) is 6.07 Å². The SMILES string of the molecule is O=C(NCCCn1ccnn1)c1ccc(F)cc1O. The third-order valence-electron chi connectivity index (χ3n) is 2.53. The van der Waals surface area contributed by atoms with Gasteiger partial charge in [0.2, 0.25) is 0 Å². The van der Waals surface area contributed by atoms with Gasteiger partial charge in [-0.05, 0) is 18.6 Å². The molecule has 1 heterocycles. The first kappa shape index (κ1) is 13.0. The number of aryl methyl sites for hydroxylation is 1. The highest BCUT2D eigenvalue weighted by Crippen LogP contribution is 2.17. The number of amides is 1. The molecular weight excluding hydrogens is 251 g/mol. The highest BCUT2D eigenvalue weighted by Gasteiger charge is 2.10. The van der Waals surface area contributed by atoms with Crippen molar-refractivity contribution in [2.24, 2.45) is 0 Å². The van der Waals surface area contributed by atoms with E-state index in [0.717, 1.165) is 12.1 Å². The van der Waals surface area contributed by atoms with E-state index in [0.29, 0.717) is 19.5 Å². The van der Waals surface area contributed by atoms with Crippen molar-refractivity contribution >= 4 is 5.91 Å². The molecule has 0 saturated heterocycles. The van der Waals surface area contributed by atoms with Gasteiger partial charge in [0.05, 0.1) is 11.8 Å². The Morgan fingerprint density at radius 2 is 2.32 bits per heavy atom. The molecule has 1 aromatic heterocycles. The van der Waals surface area contributed by atoms with Crippen LogP contribution in [0.3, 0.4) is 0 Å².